The first-order chi connectivity index (χ1) is 11.3. The summed E-state index contributed by atoms with van der Waals surface area (Å²) in [5.41, 5.74) is 0.965. The van der Waals surface area contributed by atoms with E-state index in [0.717, 1.165) is 22.0 Å². The van der Waals surface area contributed by atoms with Gasteiger partial charge in [0.05, 0.1) is 23.2 Å². The minimum Gasteiger partial charge on any atom is -0.357 e. The number of rotatable bonds is 4. The summed E-state index contributed by atoms with van der Waals surface area (Å²) in [5.74, 6) is -0.631. The van der Waals surface area contributed by atoms with E-state index in [9.17, 15) is 13.2 Å². The predicted molar refractivity (Wildman–Crippen MR) is 107 cm³/mol. The summed E-state index contributed by atoms with van der Waals surface area (Å²) in [7, 11) is 0. The van der Waals surface area contributed by atoms with Gasteiger partial charge in [-0.2, -0.15) is 13.2 Å². The SMILES string of the molecule is CCNC(=NCc1sc(C)nc1C)NC1CCCC(C(F)(F)F)C1.I. The number of hydrogen-bond acceptors (Lipinski definition) is 3. The lowest BCUT2D eigenvalue weighted by molar-refractivity contribution is -0.183. The molecule has 1 heterocycles. The van der Waals surface area contributed by atoms with Crippen molar-refractivity contribution in [2.75, 3.05) is 6.54 Å². The summed E-state index contributed by atoms with van der Waals surface area (Å²) in [4.78, 5) is 9.98. The third-order valence-electron chi connectivity index (χ3n) is 4.20. The highest BCUT2D eigenvalue weighted by molar-refractivity contribution is 14.0. The lowest BCUT2D eigenvalue weighted by Crippen LogP contribution is -2.46. The molecule has 0 bridgehead atoms. The van der Waals surface area contributed by atoms with Crippen LogP contribution in [-0.4, -0.2) is 29.7 Å². The van der Waals surface area contributed by atoms with Gasteiger partial charge in [-0.1, -0.05) is 6.42 Å². The number of aryl methyl sites for hydroxylation is 2. The van der Waals surface area contributed by atoms with Crippen molar-refractivity contribution >= 4 is 41.3 Å². The maximum atomic E-state index is 12.9. The second kappa shape index (κ2) is 9.94. The van der Waals surface area contributed by atoms with Gasteiger partial charge in [-0.25, -0.2) is 9.98 Å². The zero-order chi connectivity index (χ0) is 17.7. The normalized spacial score (nSPS) is 21.6. The molecule has 2 rings (SSSR count). The first-order valence-corrected chi connectivity index (χ1v) is 9.15. The van der Waals surface area contributed by atoms with Gasteiger partial charge in [0.15, 0.2) is 5.96 Å². The molecule has 0 saturated heterocycles. The standard InChI is InChI=1S/C16H25F3N4S.HI/c1-4-20-15(21-9-14-10(2)22-11(3)24-14)23-13-7-5-6-12(8-13)16(17,18)19;/h12-13H,4-9H2,1-3H3,(H2,20,21,23);1H. The molecular weight excluding hydrogens is 464 g/mol. The van der Waals surface area contributed by atoms with Crippen LogP contribution in [0.1, 0.15) is 48.2 Å². The minimum absolute atomic E-state index is 0. The molecule has 2 unspecified atom stereocenters. The molecule has 25 heavy (non-hydrogen) atoms. The summed E-state index contributed by atoms with van der Waals surface area (Å²) < 4.78 is 38.8. The van der Waals surface area contributed by atoms with Crippen LogP contribution >= 0.6 is 35.3 Å². The molecule has 0 aliphatic heterocycles. The van der Waals surface area contributed by atoms with Crippen molar-refractivity contribution in [2.24, 2.45) is 10.9 Å². The fourth-order valence-electron chi connectivity index (χ4n) is 3.00. The third kappa shape index (κ3) is 6.92. The number of alkyl halides is 3. The molecule has 0 amide bonds. The van der Waals surface area contributed by atoms with Crippen LogP contribution in [0.4, 0.5) is 13.2 Å². The van der Waals surface area contributed by atoms with Gasteiger partial charge in [0.1, 0.15) is 0 Å². The van der Waals surface area contributed by atoms with Gasteiger partial charge >= 0.3 is 6.18 Å². The fraction of sp³-hybridized carbons (Fsp3) is 0.750. The van der Waals surface area contributed by atoms with Gasteiger partial charge < -0.3 is 10.6 Å². The molecule has 0 radical (unpaired) electrons. The van der Waals surface area contributed by atoms with Gasteiger partial charge in [-0.15, -0.1) is 35.3 Å². The Morgan fingerprint density at radius 1 is 1.32 bits per heavy atom. The molecule has 2 atom stereocenters. The number of aliphatic imine (C=N–C) groups is 1. The Morgan fingerprint density at radius 3 is 2.60 bits per heavy atom. The number of aromatic nitrogens is 1. The van der Waals surface area contributed by atoms with E-state index < -0.39 is 12.1 Å². The average molecular weight is 490 g/mol. The molecule has 2 N–H and O–H groups in total. The largest absolute Gasteiger partial charge is 0.391 e. The molecule has 1 aliphatic rings. The molecule has 0 spiro atoms. The molecule has 9 heteroatoms. The molecule has 1 aromatic heterocycles. The number of thiazole rings is 1. The van der Waals surface area contributed by atoms with Crippen LogP contribution in [0.3, 0.4) is 0 Å². The zero-order valence-electron chi connectivity index (χ0n) is 14.7. The molecule has 1 saturated carbocycles. The van der Waals surface area contributed by atoms with E-state index in [2.05, 4.69) is 20.6 Å². The summed E-state index contributed by atoms with van der Waals surface area (Å²) in [6.45, 7) is 7.00. The first-order valence-electron chi connectivity index (χ1n) is 8.34. The van der Waals surface area contributed by atoms with Crippen molar-refractivity contribution in [3.63, 3.8) is 0 Å². The van der Waals surface area contributed by atoms with E-state index in [0.29, 0.717) is 25.5 Å². The highest BCUT2D eigenvalue weighted by Gasteiger charge is 2.42. The van der Waals surface area contributed by atoms with Gasteiger partial charge in [0.25, 0.3) is 0 Å². The van der Waals surface area contributed by atoms with Crippen molar-refractivity contribution in [3.8, 4) is 0 Å². The fourth-order valence-corrected chi connectivity index (χ4v) is 3.86. The Bertz CT molecular complexity index is 574. The maximum Gasteiger partial charge on any atom is 0.391 e. The quantitative estimate of drug-likeness (QED) is 0.370. The van der Waals surface area contributed by atoms with Crippen molar-refractivity contribution < 1.29 is 13.2 Å². The van der Waals surface area contributed by atoms with Crippen LogP contribution in [0.2, 0.25) is 0 Å². The summed E-state index contributed by atoms with van der Waals surface area (Å²) in [6, 6.07) is -0.188. The number of hydrogen-bond donors (Lipinski definition) is 2. The summed E-state index contributed by atoms with van der Waals surface area (Å²) in [6.07, 6.45) is -2.42. The van der Waals surface area contributed by atoms with E-state index in [1.165, 1.54) is 0 Å². The van der Waals surface area contributed by atoms with E-state index in [1.54, 1.807) is 11.3 Å². The van der Waals surface area contributed by atoms with E-state index in [-0.39, 0.29) is 42.9 Å². The second-order valence-electron chi connectivity index (χ2n) is 6.18. The zero-order valence-corrected chi connectivity index (χ0v) is 17.9. The highest BCUT2D eigenvalue weighted by Crippen LogP contribution is 2.37. The predicted octanol–water partition coefficient (Wildman–Crippen LogP) is 4.55. The van der Waals surface area contributed by atoms with Gasteiger partial charge in [-0.3, -0.25) is 0 Å². The number of nitrogens with zero attached hydrogens (tertiary/aromatic N) is 2. The molecule has 1 fully saturated rings. The van der Waals surface area contributed by atoms with E-state index in [4.69, 9.17) is 0 Å². The molecule has 0 aromatic carbocycles. The minimum atomic E-state index is -4.10. The molecule has 1 aliphatic carbocycles. The van der Waals surface area contributed by atoms with Crippen LogP contribution < -0.4 is 10.6 Å². The van der Waals surface area contributed by atoms with E-state index in [1.807, 2.05) is 20.8 Å². The molecule has 1 aromatic rings. The summed E-state index contributed by atoms with van der Waals surface area (Å²) >= 11 is 1.60. The third-order valence-corrected chi connectivity index (χ3v) is 5.26. The van der Waals surface area contributed by atoms with Crippen LogP contribution in [0.15, 0.2) is 4.99 Å². The first kappa shape index (κ1) is 22.5. The Kier molecular flexibility index (Phi) is 8.93. The van der Waals surface area contributed by atoms with Crippen molar-refractivity contribution in [3.05, 3.63) is 15.6 Å². The van der Waals surface area contributed by atoms with Gasteiger partial charge in [0.2, 0.25) is 0 Å². The van der Waals surface area contributed by atoms with Gasteiger partial charge in [0, 0.05) is 17.5 Å². The Labute approximate surface area is 168 Å². The Hall–Kier alpha value is -0.580. The topological polar surface area (TPSA) is 49.3 Å². The smallest absolute Gasteiger partial charge is 0.357 e. The van der Waals surface area contributed by atoms with Crippen molar-refractivity contribution in [2.45, 2.75) is 65.2 Å². The van der Waals surface area contributed by atoms with Crippen LogP contribution in [0, 0.1) is 19.8 Å². The van der Waals surface area contributed by atoms with Crippen LogP contribution in [-0.2, 0) is 6.54 Å². The molecule has 4 nitrogen and oxygen atoms in total. The summed E-state index contributed by atoms with van der Waals surface area (Å²) in [5, 5.41) is 7.30. The van der Waals surface area contributed by atoms with Gasteiger partial charge in [-0.05, 0) is 40.0 Å². The molecule has 144 valence electrons. The number of guanidine groups is 1. The monoisotopic (exact) mass is 490 g/mol. The van der Waals surface area contributed by atoms with Crippen molar-refractivity contribution in [1.82, 2.24) is 15.6 Å². The Morgan fingerprint density at radius 2 is 2.04 bits per heavy atom. The average Bonchev–Trinajstić information content (AvgIpc) is 2.82. The maximum absolute atomic E-state index is 12.9. The van der Waals surface area contributed by atoms with E-state index >= 15 is 0 Å². The van der Waals surface area contributed by atoms with Crippen LogP contribution in [0.25, 0.3) is 0 Å². The van der Waals surface area contributed by atoms with Crippen LogP contribution in [0.5, 0.6) is 0 Å². The number of nitrogens with one attached hydrogen (secondary N) is 2. The second-order valence-corrected chi connectivity index (χ2v) is 7.47. The van der Waals surface area contributed by atoms with Crippen molar-refractivity contribution in [1.29, 1.82) is 0 Å². The number of halogens is 4. The molecular formula is C16H26F3IN4S. The highest BCUT2D eigenvalue weighted by atomic mass is 127. The lowest BCUT2D eigenvalue weighted by Gasteiger charge is -2.31. The lowest BCUT2D eigenvalue weighted by atomic mass is 9.85. The Balaban J connectivity index is 0.00000312.